The standard InChI is InChI=1S/C27H26N2O4S/c1-14-12-15(2)22-20(13-14)34-27(28-22)29-23(16-8-10-17(32-3)11-9-16)21-24(30)18-6-4-5-7-19(18)33-25(21)26(29)31/h8-13,18-19,23H,4-7H2,1-3H3. The fourth-order valence-electron chi connectivity index (χ4n) is 5.61. The fourth-order valence-corrected chi connectivity index (χ4v) is 6.77. The lowest BCUT2D eigenvalue weighted by atomic mass is 9.77. The predicted octanol–water partition coefficient (Wildman–Crippen LogP) is 5.42. The van der Waals surface area contributed by atoms with Crippen LogP contribution in [0.1, 0.15) is 48.4 Å². The molecule has 6 nitrogen and oxygen atoms in total. The van der Waals surface area contributed by atoms with Crippen LogP contribution in [-0.2, 0) is 14.3 Å². The molecule has 6 rings (SSSR count). The number of amides is 1. The molecule has 0 spiro atoms. The average Bonchev–Trinajstić information content (AvgIpc) is 3.38. The molecule has 1 fully saturated rings. The van der Waals surface area contributed by atoms with E-state index in [0.29, 0.717) is 10.7 Å². The molecule has 1 saturated carbocycles. The van der Waals surface area contributed by atoms with E-state index in [4.69, 9.17) is 14.5 Å². The third kappa shape index (κ3) is 3.17. The maximum atomic E-state index is 13.8. The van der Waals surface area contributed by atoms with Crippen molar-refractivity contribution in [2.24, 2.45) is 5.92 Å². The highest BCUT2D eigenvalue weighted by Crippen LogP contribution is 2.49. The molecule has 2 aliphatic heterocycles. The number of benzene rings is 2. The van der Waals surface area contributed by atoms with Gasteiger partial charge in [0.2, 0.25) is 0 Å². The molecule has 3 unspecified atom stereocenters. The van der Waals surface area contributed by atoms with Crippen molar-refractivity contribution >= 4 is 38.4 Å². The Balaban J connectivity index is 1.51. The number of ketones is 1. The first-order valence-electron chi connectivity index (χ1n) is 11.8. The van der Waals surface area contributed by atoms with Crippen LogP contribution in [0.5, 0.6) is 5.75 Å². The van der Waals surface area contributed by atoms with E-state index in [9.17, 15) is 9.59 Å². The number of thiazole rings is 1. The molecule has 3 aliphatic rings. The van der Waals surface area contributed by atoms with Crippen molar-refractivity contribution in [1.82, 2.24) is 4.98 Å². The largest absolute Gasteiger partial charge is 0.497 e. The molecule has 1 aromatic heterocycles. The quantitative estimate of drug-likeness (QED) is 0.507. The van der Waals surface area contributed by atoms with Crippen molar-refractivity contribution in [3.63, 3.8) is 0 Å². The number of ether oxygens (including phenoxy) is 2. The molecular weight excluding hydrogens is 448 g/mol. The summed E-state index contributed by atoms with van der Waals surface area (Å²) in [6.07, 6.45) is 3.45. The van der Waals surface area contributed by atoms with E-state index < -0.39 is 6.04 Å². The summed E-state index contributed by atoms with van der Waals surface area (Å²) in [4.78, 5) is 34.2. The van der Waals surface area contributed by atoms with E-state index in [1.54, 1.807) is 12.0 Å². The summed E-state index contributed by atoms with van der Waals surface area (Å²) in [6.45, 7) is 4.09. The van der Waals surface area contributed by atoms with Gasteiger partial charge in [0.05, 0.1) is 34.9 Å². The van der Waals surface area contributed by atoms with Crippen LogP contribution in [0.3, 0.4) is 0 Å². The van der Waals surface area contributed by atoms with Crippen LogP contribution in [-0.4, -0.2) is 29.9 Å². The van der Waals surface area contributed by atoms with E-state index >= 15 is 0 Å². The van der Waals surface area contributed by atoms with Crippen molar-refractivity contribution in [1.29, 1.82) is 0 Å². The summed E-state index contributed by atoms with van der Waals surface area (Å²) in [6, 6.07) is 11.2. The average molecular weight is 475 g/mol. The Kier molecular flexibility index (Phi) is 4.99. The van der Waals surface area contributed by atoms with Crippen molar-refractivity contribution in [2.45, 2.75) is 51.7 Å². The molecule has 7 heteroatoms. The van der Waals surface area contributed by atoms with Gasteiger partial charge in [0.1, 0.15) is 11.9 Å². The zero-order valence-electron chi connectivity index (χ0n) is 19.5. The van der Waals surface area contributed by atoms with Crippen LogP contribution in [0.15, 0.2) is 47.7 Å². The second kappa shape index (κ2) is 7.94. The number of Topliss-reactive ketones (excluding diaryl/α,β-unsaturated/α-hetero) is 1. The lowest BCUT2D eigenvalue weighted by molar-refractivity contribution is -0.131. The number of carbonyl (C=O) groups excluding carboxylic acids is 2. The fraction of sp³-hybridized carbons (Fsp3) is 0.370. The second-order valence-corrected chi connectivity index (χ2v) is 10.4. The van der Waals surface area contributed by atoms with Gasteiger partial charge in [-0.25, -0.2) is 4.98 Å². The zero-order valence-corrected chi connectivity index (χ0v) is 20.3. The molecule has 3 atom stereocenters. The van der Waals surface area contributed by atoms with Crippen molar-refractivity contribution < 1.29 is 19.1 Å². The highest BCUT2D eigenvalue weighted by Gasteiger charge is 2.53. The van der Waals surface area contributed by atoms with E-state index in [2.05, 4.69) is 19.1 Å². The van der Waals surface area contributed by atoms with Crippen molar-refractivity contribution in [3.05, 3.63) is 64.4 Å². The molecule has 34 heavy (non-hydrogen) atoms. The zero-order chi connectivity index (χ0) is 23.6. The van der Waals surface area contributed by atoms with Crippen LogP contribution in [0, 0.1) is 19.8 Å². The highest BCUT2D eigenvalue weighted by atomic mass is 32.1. The number of nitrogens with zero attached hydrogens (tertiary/aromatic N) is 2. The number of fused-ring (bicyclic) bond motifs is 2. The van der Waals surface area contributed by atoms with Gasteiger partial charge in [-0.2, -0.15) is 0 Å². The summed E-state index contributed by atoms with van der Waals surface area (Å²) in [5.74, 6) is 0.526. The predicted molar refractivity (Wildman–Crippen MR) is 131 cm³/mol. The number of hydrogen-bond donors (Lipinski definition) is 0. The molecule has 3 heterocycles. The van der Waals surface area contributed by atoms with Gasteiger partial charge in [-0.05, 0) is 68.0 Å². The Morgan fingerprint density at radius 2 is 1.85 bits per heavy atom. The Morgan fingerprint density at radius 3 is 2.62 bits per heavy atom. The Morgan fingerprint density at radius 1 is 1.09 bits per heavy atom. The molecule has 0 radical (unpaired) electrons. The number of aryl methyl sites for hydroxylation is 2. The Labute approximate surface area is 202 Å². The van der Waals surface area contributed by atoms with Gasteiger partial charge in [-0.1, -0.05) is 36.0 Å². The van der Waals surface area contributed by atoms with Gasteiger partial charge >= 0.3 is 0 Å². The lowest BCUT2D eigenvalue weighted by Crippen LogP contribution is -2.39. The van der Waals surface area contributed by atoms with Crippen LogP contribution in [0.25, 0.3) is 10.2 Å². The monoisotopic (exact) mass is 474 g/mol. The van der Waals surface area contributed by atoms with Crippen LogP contribution in [0.2, 0.25) is 0 Å². The minimum atomic E-state index is -0.564. The highest BCUT2D eigenvalue weighted by molar-refractivity contribution is 7.22. The van der Waals surface area contributed by atoms with Gasteiger partial charge in [-0.3, -0.25) is 14.5 Å². The second-order valence-electron chi connectivity index (χ2n) is 9.43. The molecule has 0 bridgehead atoms. The van der Waals surface area contributed by atoms with Gasteiger partial charge in [0, 0.05) is 0 Å². The number of aromatic nitrogens is 1. The molecule has 174 valence electrons. The van der Waals surface area contributed by atoms with Crippen molar-refractivity contribution in [2.75, 3.05) is 12.0 Å². The normalized spacial score (nSPS) is 24.3. The van der Waals surface area contributed by atoms with E-state index in [0.717, 1.165) is 58.3 Å². The number of rotatable bonds is 3. The first-order chi connectivity index (χ1) is 16.5. The van der Waals surface area contributed by atoms with Gasteiger partial charge < -0.3 is 9.47 Å². The van der Waals surface area contributed by atoms with E-state index in [-0.39, 0.29) is 29.5 Å². The topological polar surface area (TPSA) is 68.7 Å². The molecule has 2 aromatic carbocycles. The summed E-state index contributed by atoms with van der Waals surface area (Å²) in [5, 5.41) is 0.586. The minimum Gasteiger partial charge on any atom is -0.497 e. The lowest BCUT2D eigenvalue weighted by Gasteiger charge is -2.35. The molecule has 1 amide bonds. The summed E-state index contributed by atoms with van der Waals surface area (Å²) in [5.41, 5.74) is 4.43. The third-order valence-electron chi connectivity index (χ3n) is 7.22. The molecule has 0 saturated heterocycles. The van der Waals surface area contributed by atoms with Crippen LogP contribution < -0.4 is 9.64 Å². The number of carbonyl (C=O) groups is 2. The van der Waals surface area contributed by atoms with Gasteiger partial charge in [-0.15, -0.1) is 0 Å². The maximum absolute atomic E-state index is 13.8. The summed E-state index contributed by atoms with van der Waals surface area (Å²) in [7, 11) is 1.62. The first kappa shape index (κ1) is 21.4. The minimum absolute atomic E-state index is 0.0516. The molecular formula is C27H26N2O4S. The van der Waals surface area contributed by atoms with Crippen molar-refractivity contribution in [3.8, 4) is 5.75 Å². The number of anilines is 1. The maximum Gasteiger partial charge on any atom is 0.296 e. The first-order valence-corrected chi connectivity index (χ1v) is 12.6. The molecule has 1 aliphatic carbocycles. The Bertz CT molecular complexity index is 1360. The summed E-state index contributed by atoms with van der Waals surface area (Å²) >= 11 is 1.48. The smallest absolute Gasteiger partial charge is 0.296 e. The van der Waals surface area contributed by atoms with Crippen LogP contribution in [0.4, 0.5) is 5.13 Å². The SMILES string of the molecule is COc1ccc(C2C3=C(OC4CCCCC4C3=O)C(=O)N2c2nc3c(C)cc(C)cc3s2)cc1. The molecule has 3 aromatic rings. The van der Waals surface area contributed by atoms with E-state index in [1.807, 2.05) is 31.2 Å². The van der Waals surface area contributed by atoms with Gasteiger partial charge in [0.15, 0.2) is 16.7 Å². The van der Waals surface area contributed by atoms with Gasteiger partial charge in [0.25, 0.3) is 5.91 Å². The third-order valence-corrected chi connectivity index (χ3v) is 8.22. The number of hydrogen-bond acceptors (Lipinski definition) is 6. The van der Waals surface area contributed by atoms with E-state index in [1.165, 1.54) is 11.3 Å². The Hall–Kier alpha value is -3.19. The summed E-state index contributed by atoms with van der Waals surface area (Å²) < 4.78 is 12.6. The molecule has 0 N–H and O–H groups in total. The number of methoxy groups -OCH3 is 1. The van der Waals surface area contributed by atoms with Crippen LogP contribution >= 0.6 is 11.3 Å².